The molecule has 1 aliphatic rings. The van der Waals surface area contributed by atoms with Crippen molar-refractivity contribution in [2.24, 2.45) is 0 Å². The van der Waals surface area contributed by atoms with Crippen LogP contribution in [-0.2, 0) is 11.2 Å². The number of aliphatic hydroxyl groups is 1. The molecule has 1 aliphatic heterocycles. The lowest BCUT2D eigenvalue weighted by Gasteiger charge is -2.36. The fourth-order valence-corrected chi connectivity index (χ4v) is 3.75. The number of rotatable bonds is 5. The van der Waals surface area contributed by atoms with E-state index < -0.39 is 6.10 Å². The first-order chi connectivity index (χ1) is 11.7. The van der Waals surface area contributed by atoms with Gasteiger partial charge in [-0.15, -0.1) is 11.3 Å². The zero-order chi connectivity index (χ0) is 16.9. The first kappa shape index (κ1) is 17.1. The minimum atomic E-state index is -0.561. The van der Waals surface area contributed by atoms with Gasteiger partial charge in [0, 0.05) is 23.4 Å². The van der Waals surface area contributed by atoms with Crippen LogP contribution in [0.1, 0.15) is 40.2 Å². The van der Waals surface area contributed by atoms with E-state index in [0.29, 0.717) is 31.7 Å². The Morgan fingerprint density at radius 3 is 2.83 bits per heavy atom. The van der Waals surface area contributed by atoms with Gasteiger partial charge in [-0.05, 0) is 35.6 Å². The molecule has 1 N–H and O–H groups in total. The normalized spacial score (nSPS) is 19.2. The fourth-order valence-electron chi connectivity index (χ4n) is 3.02. The Hall–Kier alpha value is -1.69. The Bertz CT molecular complexity index is 654. The van der Waals surface area contributed by atoms with Crippen molar-refractivity contribution in [3.63, 3.8) is 0 Å². The Balaban J connectivity index is 1.72. The molecule has 1 amide bonds. The molecule has 1 fully saturated rings. The highest BCUT2D eigenvalue weighted by atomic mass is 32.1. The average molecular weight is 345 g/mol. The van der Waals surface area contributed by atoms with Crippen LogP contribution in [0.2, 0.25) is 0 Å². The molecule has 0 aliphatic carbocycles. The number of ether oxygens (including phenoxy) is 1. The standard InChI is InChI=1S/C19H23NO3S/c1-2-14-5-7-15(8-6-14)19(22)20-9-10-23-13-16(20)12-17(21)18-4-3-11-24-18/h3-8,11,16-17,21H,2,9-10,12-13H2,1H3/t16-,17+/m1/s1. The summed E-state index contributed by atoms with van der Waals surface area (Å²) < 4.78 is 5.55. The smallest absolute Gasteiger partial charge is 0.254 e. The number of aliphatic hydroxyl groups excluding tert-OH is 1. The summed E-state index contributed by atoms with van der Waals surface area (Å²) >= 11 is 1.54. The van der Waals surface area contributed by atoms with Crippen LogP contribution < -0.4 is 0 Å². The predicted octanol–water partition coefficient (Wildman–Crippen LogP) is 3.28. The number of carbonyl (C=O) groups excluding carboxylic acids is 1. The van der Waals surface area contributed by atoms with Crippen molar-refractivity contribution in [1.29, 1.82) is 0 Å². The Morgan fingerprint density at radius 2 is 2.17 bits per heavy atom. The van der Waals surface area contributed by atoms with Gasteiger partial charge in [-0.25, -0.2) is 0 Å². The van der Waals surface area contributed by atoms with Gasteiger partial charge in [-0.1, -0.05) is 25.1 Å². The number of nitrogens with zero attached hydrogens (tertiary/aromatic N) is 1. The van der Waals surface area contributed by atoms with E-state index in [1.54, 1.807) is 0 Å². The van der Waals surface area contributed by atoms with E-state index in [2.05, 4.69) is 6.92 Å². The molecule has 4 nitrogen and oxygen atoms in total. The van der Waals surface area contributed by atoms with Crippen molar-refractivity contribution < 1.29 is 14.6 Å². The van der Waals surface area contributed by atoms with E-state index >= 15 is 0 Å². The molecule has 5 heteroatoms. The second-order valence-electron chi connectivity index (χ2n) is 6.04. The van der Waals surface area contributed by atoms with Gasteiger partial charge in [0.25, 0.3) is 5.91 Å². The molecule has 3 rings (SSSR count). The number of morpholine rings is 1. The van der Waals surface area contributed by atoms with Crippen molar-refractivity contribution >= 4 is 17.2 Å². The minimum absolute atomic E-state index is 0.0179. The first-order valence-corrected chi connectivity index (χ1v) is 9.26. The van der Waals surface area contributed by atoms with Crippen LogP contribution in [0, 0.1) is 0 Å². The molecule has 0 spiro atoms. The molecule has 1 aromatic heterocycles. The van der Waals surface area contributed by atoms with Crippen LogP contribution in [0.4, 0.5) is 0 Å². The number of thiophene rings is 1. The van der Waals surface area contributed by atoms with E-state index in [4.69, 9.17) is 4.74 Å². The van der Waals surface area contributed by atoms with Crippen molar-refractivity contribution in [2.75, 3.05) is 19.8 Å². The Labute approximate surface area is 146 Å². The van der Waals surface area contributed by atoms with Crippen molar-refractivity contribution in [2.45, 2.75) is 31.9 Å². The maximum atomic E-state index is 12.9. The number of aryl methyl sites for hydroxylation is 1. The molecule has 0 radical (unpaired) electrons. The molecule has 2 aromatic rings. The lowest BCUT2D eigenvalue weighted by molar-refractivity contribution is -0.0170. The molecule has 1 aromatic carbocycles. The van der Waals surface area contributed by atoms with E-state index in [9.17, 15) is 9.90 Å². The fraction of sp³-hybridized carbons (Fsp3) is 0.421. The molecule has 2 atom stereocenters. The first-order valence-electron chi connectivity index (χ1n) is 8.38. The molecular weight excluding hydrogens is 322 g/mol. The molecule has 24 heavy (non-hydrogen) atoms. The summed E-state index contributed by atoms with van der Waals surface area (Å²) in [4.78, 5) is 15.6. The lowest BCUT2D eigenvalue weighted by Crippen LogP contribution is -2.49. The third-order valence-corrected chi connectivity index (χ3v) is 5.44. The van der Waals surface area contributed by atoms with Crippen LogP contribution in [-0.4, -0.2) is 41.7 Å². The van der Waals surface area contributed by atoms with Gasteiger partial charge in [0.2, 0.25) is 0 Å². The number of hydrogen-bond acceptors (Lipinski definition) is 4. The van der Waals surface area contributed by atoms with E-state index in [1.165, 1.54) is 16.9 Å². The Kier molecular flexibility index (Phi) is 5.66. The van der Waals surface area contributed by atoms with Gasteiger partial charge in [-0.3, -0.25) is 4.79 Å². The SMILES string of the molecule is CCc1ccc(C(=O)N2CCOC[C@H]2C[C@H](O)c2cccs2)cc1. The van der Waals surface area contributed by atoms with E-state index in [-0.39, 0.29) is 11.9 Å². The van der Waals surface area contributed by atoms with Crippen molar-refractivity contribution in [3.05, 3.63) is 57.8 Å². The van der Waals surface area contributed by atoms with E-state index in [0.717, 1.165) is 11.3 Å². The number of hydrogen-bond donors (Lipinski definition) is 1. The minimum Gasteiger partial charge on any atom is -0.387 e. The van der Waals surface area contributed by atoms with Gasteiger partial charge in [0.15, 0.2) is 0 Å². The van der Waals surface area contributed by atoms with Gasteiger partial charge < -0.3 is 14.7 Å². The van der Waals surface area contributed by atoms with Crippen molar-refractivity contribution in [3.8, 4) is 0 Å². The van der Waals surface area contributed by atoms with Crippen LogP contribution >= 0.6 is 11.3 Å². The van der Waals surface area contributed by atoms with Crippen molar-refractivity contribution in [1.82, 2.24) is 4.90 Å². The van der Waals surface area contributed by atoms with Crippen LogP contribution in [0.15, 0.2) is 41.8 Å². The summed E-state index contributed by atoms with van der Waals surface area (Å²) in [5.74, 6) is 0.0179. The summed E-state index contributed by atoms with van der Waals surface area (Å²) in [5, 5.41) is 12.4. The van der Waals surface area contributed by atoms with Crippen LogP contribution in [0.5, 0.6) is 0 Å². The average Bonchev–Trinajstić information content (AvgIpc) is 3.16. The number of amides is 1. The zero-order valence-electron chi connectivity index (χ0n) is 13.9. The third-order valence-electron chi connectivity index (χ3n) is 4.46. The van der Waals surface area contributed by atoms with Gasteiger partial charge in [-0.2, -0.15) is 0 Å². The molecule has 0 unspecified atom stereocenters. The van der Waals surface area contributed by atoms with Gasteiger partial charge >= 0.3 is 0 Å². The number of benzene rings is 1. The summed E-state index contributed by atoms with van der Waals surface area (Å²) in [7, 11) is 0. The van der Waals surface area contributed by atoms with E-state index in [1.807, 2.05) is 46.7 Å². The quantitative estimate of drug-likeness (QED) is 0.905. The maximum Gasteiger partial charge on any atom is 0.254 e. The second-order valence-corrected chi connectivity index (χ2v) is 7.02. The molecule has 0 bridgehead atoms. The maximum absolute atomic E-state index is 12.9. The predicted molar refractivity (Wildman–Crippen MR) is 95.4 cm³/mol. The van der Waals surface area contributed by atoms with Gasteiger partial charge in [0.05, 0.1) is 25.4 Å². The van der Waals surface area contributed by atoms with Gasteiger partial charge in [0.1, 0.15) is 0 Å². The highest BCUT2D eigenvalue weighted by molar-refractivity contribution is 7.10. The summed E-state index contributed by atoms with van der Waals surface area (Å²) in [5.41, 5.74) is 1.92. The summed E-state index contributed by atoms with van der Waals surface area (Å²) in [6, 6.07) is 11.5. The topological polar surface area (TPSA) is 49.8 Å². The summed E-state index contributed by atoms with van der Waals surface area (Å²) in [6.07, 6.45) is 0.899. The molecule has 128 valence electrons. The molecule has 0 saturated carbocycles. The lowest BCUT2D eigenvalue weighted by atomic mass is 10.0. The number of carbonyl (C=O) groups is 1. The monoisotopic (exact) mass is 345 g/mol. The Morgan fingerprint density at radius 1 is 1.38 bits per heavy atom. The third kappa shape index (κ3) is 3.86. The highest BCUT2D eigenvalue weighted by Gasteiger charge is 2.30. The molecule has 2 heterocycles. The van der Waals surface area contributed by atoms with Crippen LogP contribution in [0.25, 0.3) is 0 Å². The molecule has 1 saturated heterocycles. The zero-order valence-corrected chi connectivity index (χ0v) is 14.7. The molecular formula is C19H23NO3S. The summed E-state index contributed by atoms with van der Waals surface area (Å²) in [6.45, 7) is 3.68. The highest BCUT2D eigenvalue weighted by Crippen LogP contribution is 2.26. The largest absolute Gasteiger partial charge is 0.387 e. The van der Waals surface area contributed by atoms with Crippen LogP contribution in [0.3, 0.4) is 0 Å². The second kappa shape index (κ2) is 7.92.